The van der Waals surface area contributed by atoms with Gasteiger partial charge >= 0.3 is 0 Å². The van der Waals surface area contributed by atoms with E-state index in [0.29, 0.717) is 0 Å². The molecule has 22 atom stereocenters. The fourth-order valence-electron chi connectivity index (χ4n) is 11.9. The van der Waals surface area contributed by atoms with Crippen LogP contribution in [0.15, 0.2) is 18.2 Å². The van der Waals surface area contributed by atoms with Crippen LogP contribution in [0.4, 0.5) is 0 Å². The summed E-state index contributed by atoms with van der Waals surface area (Å²) in [5.41, 5.74) is -5.35. The van der Waals surface area contributed by atoms with Crippen molar-refractivity contribution in [2.75, 3.05) is 0 Å². The first kappa shape index (κ1) is 59.8. The van der Waals surface area contributed by atoms with Gasteiger partial charge in [-0.2, -0.15) is 0 Å². The molecule has 11 N–H and O–H groups in total. The van der Waals surface area contributed by atoms with Gasteiger partial charge in [-0.05, 0) is 98.7 Å². The van der Waals surface area contributed by atoms with E-state index in [1.807, 2.05) is 0 Å². The predicted octanol–water partition coefficient (Wildman–Crippen LogP) is 1.23. The van der Waals surface area contributed by atoms with E-state index in [2.05, 4.69) is 0 Å². The number of aliphatic hydroxyl groups excluding tert-OH is 8. The predicted molar refractivity (Wildman–Crippen MR) is 266 cm³/mol. The Kier molecular flexibility index (Phi) is 17.3. The van der Waals surface area contributed by atoms with Gasteiger partial charge in [-0.15, -0.1) is 0 Å². The molecule has 2 aromatic carbocycles. The second-order valence-electron chi connectivity index (χ2n) is 23.9. The van der Waals surface area contributed by atoms with E-state index < -0.39 is 174 Å². The number of phenolic OH excluding ortho intramolecular Hbond substituents is 2. The summed E-state index contributed by atoms with van der Waals surface area (Å²) in [6, 6.07) is 4.27. The summed E-state index contributed by atoms with van der Waals surface area (Å²) in [4.78, 5) is 28.8. The molecule has 6 aliphatic rings. The number of aromatic hydroxyl groups is 2. The number of fused-ring (bicyclic) bond motifs is 2. The maximum atomic E-state index is 15.0. The first-order valence-electron chi connectivity index (χ1n) is 26.6. The van der Waals surface area contributed by atoms with E-state index in [0.717, 1.165) is 0 Å². The monoisotopic (exact) mass is 1100 g/mol. The van der Waals surface area contributed by atoms with E-state index in [-0.39, 0.29) is 66.2 Å². The van der Waals surface area contributed by atoms with Gasteiger partial charge in [-0.1, -0.05) is 6.92 Å². The zero-order chi connectivity index (χ0) is 56.8. The lowest BCUT2D eigenvalue weighted by Crippen LogP contribution is -2.62. The summed E-state index contributed by atoms with van der Waals surface area (Å²) in [7, 11) is 0. The Balaban J connectivity index is 1.03. The van der Waals surface area contributed by atoms with Crippen molar-refractivity contribution in [3.63, 3.8) is 0 Å². The van der Waals surface area contributed by atoms with Gasteiger partial charge in [0.2, 0.25) is 6.29 Å². The third-order valence-electron chi connectivity index (χ3n) is 16.4. The van der Waals surface area contributed by atoms with Crippen LogP contribution in [0.3, 0.4) is 0 Å². The molecule has 0 aromatic heterocycles. The summed E-state index contributed by atoms with van der Waals surface area (Å²) in [6.45, 7) is 17.1. The molecule has 0 saturated carbocycles. The van der Waals surface area contributed by atoms with Crippen LogP contribution in [0, 0.1) is 11.8 Å². The van der Waals surface area contributed by atoms with Gasteiger partial charge in [0.25, 0.3) is 0 Å². The fraction of sp³-hybridized carbons (Fsp3) is 0.778. The summed E-state index contributed by atoms with van der Waals surface area (Å²) < 4.78 is 61.7. The van der Waals surface area contributed by atoms with E-state index in [9.17, 15) is 65.8 Å². The van der Waals surface area contributed by atoms with Crippen LogP contribution in [-0.4, -0.2) is 207 Å². The Morgan fingerprint density at radius 3 is 1.83 bits per heavy atom. The maximum absolute atomic E-state index is 15.0. The molecule has 1 aliphatic carbocycles. The number of aliphatic hydroxyl groups is 9. The van der Waals surface area contributed by atoms with E-state index in [1.54, 1.807) is 61.5 Å². The number of Topliss-reactive ketones (excluding diaryl/α,β-unsaturated/α-hetero) is 2. The smallest absolute Gasteiger partial charge is 0.203 e. The minimum absolute atomic E-state index is 0.0390. The van der Waals surface area contributed by atoms with Crippen LogP contribution in [0.25, 0.3) is 10.8 Å². The Hall–Kier alpha value is -3.28. The van der Waals surface area contributed by atoms with Crippen LogP contribution in [-0.2, 0) is 53.8 Å². The number of benzene rings is 2. The van der Waals surface area contributed by atoms with E-state index >= 15 is 0 Å². The number of rotatable bonds is 14. The Morgan fingerprint density at radius 2 is 1.23 bits per heavy atom. The topological polar surface area (TPSA) is 349 Å². The molecule has 22 unspecified atom stereocenters. The Bertz CT molecular complexity index is 2430. The third-order valence-corrected chi connectivity index (χ3v) is 16.4. The minimum Gasteiger partial charge on any atom is -0.507 e. The molecule has 8 rings (SSSR count). The lowest BCUT2D eigenvalue weighted by atomic mass is 9.72. The Morgan fingerprint density at radius 1 is 0.675 bits per heavy atom. The van der Waals surface area contributed by atoms with Gasteiger partial charge in [0.15, 0.2) is 36.7 Å². The first-order chi connectivity index (χ1) is 35.7. The van der Waals surface area contributed by atoms with Crippen molar-refractivity contribution < 1.29 is 113 Å². The average molecular weight is 1100 g/mol. The molecule has 23 nitrogen and oxygen atoms in total. The second-order valence-corrected chi connectivity index (χ2v) is 23.9. The molecule has 0 bridgehead atoms. The van der Waals surface area contributed by atoms with Crippen LogP contribution in [0.5, 0.6) is 17.2 Å². The zero-order valence-electron chi connectivity index (χ0n) is 45.4. The summed E-state index contributed by atoms with van der Waals surface area (Å²) in [5.74, 6) is -4.82. The van der Waals surface area contributed by atoms with Crippen molar-refractivity contribution in [3.8, 4) is 17.2 Å². The van der Waals surface area contributed by atoms with Gasteiger partial charge in [0, 0.05) is 50.0 Å². The van der Waals surface area contributed by atoms with Crippen LogP contribution in [0.2, 0.25) is 0 Å². The molecule has 5 aliphatic heterocycles. The minimum atomic E-state index is -1.83. The molecular formula is C54H80O23. The quantitative estimate of drug-likeness (QED) is 0.127. The molecule has 0 spiro atoms. The highest BCUT2D eigenvalue weighted by Crippen LogP contribution is 2.47. The molecule has 5 fully saturated rings. The molecule has 5 saturated heterocycles. The molecule has 5 heterocycles. The normalized spacial score (nSPS) is 41.3. The molecular weight excluding hydrogens is 1020 g/mol. The molecule has 0 radical (unpaired) electrons. The lowest BCUT2D eigenvalue weighted by molar-refractivity contribution is -0.361. The first-order valence-corrected chi connectivity index (χ1v) is 26.6. The van der Waals surface area contributed by atoms with Gasteiger partial charge < -0.3 is 104 Å². The molecule has 77 heavy (non-hydrogen) atoms. The van der Waals surface area contributed by atoms with Crippen LogP contribution >= 0.6 is 0 Å². The van der Waals surface area contributed by atoms with Crippen LogP contribution < -0.4 is 4.74 Å². The van der Waals surface area contributed by atoms with Gasteiger partial charge in [0.05, 0.1) is 76.1 Å². The number of carbonyl (C=O) groups excluding carboxylic acids is 2. The van der Waals surface area contributed by atoms with E-state index in [4.69, 9.17) is 47.4 Å². The number of hydrogen-bond donors (Lipinski definition) is 11. The number of ether oxygens (including phenoxy) is 10. The SMILES string of the molecule is CC(O)C(O)C(=O)C(C)C1Cc2cc3cc(OC4CC(OC5CC(O)C(O)C(C)O5)C(O)C(C)(C)O4)cc(O)c3c(O)c2C(=O)C1OC1CC(OC2CC(O)C(OC3CC(C)(O)C(O)C(C)O3)C(C)(C)O2)C(O)C(C)(C)O1. The largest absolute Gasteiger partial charge is 0.507 e. The lowest BCUT2D eigenvalue weighted by Gasteiger charge is -2.50. The highest BCUT2D eigenvalue weighted by molar-refractivity contribution is 6.11. The number of ketones is 2. The molecule has 0 amide bonds. The molecule has 2 aromatic rings. The van der Waals surface area contributed by atoms with Crippen molar-refractivity contribution in [1.29, 1.82) is 0 Å². The van der Waals surface area contributed by atoms with Gasteiger partial charge in [-0.25, -0.2) is 0 Å². The summed E-state index contributed by atoms with van der Waals surface area (Å²) >= 11 is 0. The van der Waals surface area contributed by atoms with Crippen molar-refractivity contribution in [2.24, 2.45) is 11.8 Å². The number of hydrogen-bond acceptors (Lipinski definition) is 23. The maximum Gasteiger partial charge on any atom is 0.203 e. The Labute approximate surface area is 446 Å². The van der Waals surface area contributed by atoms with Crippen molar-refractivity contribution in [1.82, 2.24) is 0 Å². The van der Waals surface area contributed by atoms with E-state index in [1.165, 1.54) is 32.9 Å². The van der Waals surface area contributed by atoms with Crippen molar-refractivity contribution in [2.45, 2.75) is 254 Å². The van der Waals surface area contributed by atoms with Gasteiger partial charge in [-0.3, -0.25) is 9.59 Å². The summed E-state index contributed by atoms with van der Waals surface area (Å²) in [5, 5.41) is 121. The van der Waals surface area contributed by atoms with Crippen LogP contribution in [0.1, 0.15) is 124 Å². The highest BCUT2D eigenvalue weighted by atomic mass is 16.7. The molecule has 23 heteroatoms. The highest BCUT2D eigenvalue weighted by Gasteiger charge is 2.54. The second kappa shape index (κ2) is 22.2. The van der Waals surface area contributed by atoms with Gasteiger partial charge in [0.1, 0.15) is 60.0 Å². The zero-order valence-corrected chi connectivity index (χ0v) is 45.4. The van der Waals surface area contributed by atoms with Crippen molar-refractivity contribution in [3.05, 3.63) is 29.3 Å². The standard InChI is InChI=1S/C54H80O23/c1-21(41(59)42(60)22(2)55)28-14-26-12-25-13-27(70-36-18-32(48(65)51(5,6)75-36)71-34-16-30(57)43(61)23(3)68-34)15-29(56)39(25)44(62)40(26)45(63)46(28)73-37-19-33(49(66)52(7,8)76-37)72-35-17-31(58)50(53(9,10)77-35)74-38-20-54(11,67)47(64)24(4)69-38/h12-13,15,21-24,28,30-38,42-43,46-50,55-58,60-62,64-67H,14,16-20H2,1-11H3. The average Bonchev–Trinajstić information content (AvgIpc) is 3.32. The number of carbonyl (C=O) groups is 2. The molecule has 434 valence electrons. The third kappa shape index (κ3) is 12.2. The van der Waals surface area contributed by atoms with Crippen molar-refractivity contribution >= 4 is 22.3 Å². The summed E-state index contributed by atoms with van der Waals surface area (Å²) in [6.07, 6.45) is -22.6. The fourth-order valence-corrected chi connectivity index (χ4v) is 11.9. The number of phenols is 2.